The molecule has 1 aliphatic rings. The molecule has 2 atom stereocenters. The number of ether oxygens (including phenoxy) is 2. The lowest BCUT2D eigenvalue weighted by Crippen LogP contribution is -2.58. The second-order valence-corrected chi connectivity index (χ2v) is 5.88. The number of methoxy groups -OCH3 is 1. The zero-order chi connectivity index (χ0) is 15.6. The maximum absolute atomic E-state index is 13.3. The van der Waals surface area contributed by atoms with Crippen LogP contribution in [0.1, 0.15) is 37.6 Å². The topological polar surface area (TPSA) is 47.6 Å². The van der Waals surface area contributed by atoms with Crippen LogP contribution in [0.25, 0.3) is 0 Å². The number of halogens is 1. The van der Waals surface area contributed by atoms with Crippen molar-refractivity contribution in [1.82, 2.24) is 0 Å². The normalized spacial score (nSPS) is 23.3. The molecule has 1 aliphatic carbocycles. The molecule has 0 amide bonds. The number of rotatable bonds is 5. The molecule has 21 heavy (non-hydrogen) atoms. The van der Waals surface area contributed by atoms with E-state index in [1.807, 2.05) is 6.92 Å². The minimum atomic E-state index is -0.546. The molecule has 2 unspecified atom stereocenters. The van der Waals surface area contributed by atoms with Crippen molar-refractivity contribution < 1.29 is 18.7 Å². The van der Waals surface area contributed by atoms with Crippen LogP contribution in [-0.4, -0.2) is 31.8 Å². The number of hydrogen-bond donors (Lipinski definition) is 1. The molecule has 1 saturated carbocycles. The molecule has 0 spiro atoms. The molecule has 1 N–H and O–H groups in total. The zero-order valence-corrected chi connectivity index (χ0v) is 12.9. The highest BCUT2D eigenvalue weighted by Gasteiger charge is 2.49. The molecule has 2 rings (SSSR count). The number of esters is 1. The maximum Gasteiger partial charge on any atom is 0.340 e. The van der Waals surface area contributed by atoms with E-state index in [1.54, 1.807) is 6.07 Å². The van der Waals surface area contributed by atoms with Gasteiger partial charge in [0, 0.05) is 23.8 Å². The van der Waals surface area contributed by atoms with Crippen molar-refractivity contribution in [1.29, 1.82) is 0 Å². The summed E-state index contributed by atoms with van der Waals surface area (Å²) in [4.78, 5) is 11.7. The molecular formula is C16H22FNO3. The first-order valence-electron chi connectivity index (χ1n) is 7.16. The molecule has 0 saturated heterocycles. The zero-order valence-electron chi connectivity index (χ0n) is 12.9. The van der Waals surface area contributed by atoms with E-state index in [9.17, 15) is 9.18 Å². The number of nitrogens with one attached hydrogen (secondary N) is 1. The third-order valence-corrected chi connectivity index (χ3v) is 4.26. The first-order chi connectivity index (χ1) is 9.90. The first-order valence-corrected chi connectivity index (χ1v) is 7.16. The number of anilines is 1. The fourth-order valence-electron chi connectivity index (χ4n) is 2.72. The summed E-state index contributed by atoms with van der Waals surface area (Å²) in [5.41, 5.74) is 0.766. The van der Waals surface area contributed by atoms with Crippen LogP contribution in [0, 0.1) is 11.2 Å². The van der Waals surface area contributed by atoms with Crippen LogP contribution in [-0.2, 0) is 9.47 Å². The largest absolute Gasteiger partial charge is 0.465 e. The van der Waals surface area contributed by atoms with Crippen molar-refractivity contribution in [3.63, 3.8) is 0 Å². The third kappa shape index (κ3) is 3.02. The van der Waals surface area contributed by atoms with Gasteiger partial charge < -0.3 is 14.8 Å². The number of hydrogen-bond acceptors (Lipinski definition) is 4. The van der Waals surface area contributed by atoms with Gasteiger partial charge in [-0.3, -0.25) is 0 Å². The Bertz CT molecular complexity index is 530. The van der Waals surface area contributed by atoms with Gasteiger partial charge >= 0.3 is 5.97 Å². The van der Waals surface area contributed by atoms with Crippen LogP contribution in [0.5, 0.6) is 0 Å². The van der Waals surface area contributed by atoms with E-state index in [0.29, 0.717) is 12.3 Å². The van der Waals surface area contributed by atoms with Crippen LogP contribution < -0.4 is 5.32 Å². The second kappa shape index (κ2) is 6.02. The average Bonchev–Trinajstić information content (AvgIpc) is 2.46. The standard InChI is InChI=1S/C16H22FNO3/c1-5-21-14-9-13(16(14,2)3)18-12-7-6-10(17)8-11(12)15(19)20-4/h6-8,13-14,18H,5,9H2,1-4H3. The van der Waals surface area contributed by atoms with E-state index in [2.05, 4.69) is 19.2 Å². The highest BCUT2D eigenvalue weighted by Crippen LogP contribution is 2.44. The van der Waals surface area contributed by atoms with Crippen LogP contribution in [0.4, 0.5) is 10.1 Å². The van der Waals surface area contributed by atoms with Gasteiger partial charge in [-0.1, -0.05) is 13.8 Å². The van der Waals surface area contributed by atoms with Crippen molar-refractivity contribution >= 4 is 11.7 Å². The molecule has 0 bridgehead atoms. The molecule has 0 radical (unpaired) electrons. The molecule has 0 aliphatic heterocycles. The SMILES string of the molecule is CCOC1CC(Nc2ccc(F)cc2C(=O)OC)C1(C)C. The predicted octanol–water partition coefficient (Wildman–Crippen LogP) is 3.23. The van der Waals surface area contributed by atoms with Gasteiger partial charge in [0.25, 0.3) is 0 Å². The minimum Gasteiger partial charge on any atom is -0.465 e. The summed E-state index contributed by atoms with van der Waals surface area (Å²) in [6.07, 6.45) is 1.06. The molecule has 1 aromatic carbocycles. The molecule has 1 aromatic rings. The summed E-state index contributed by atoms with van der Waals surface area (Å²) in [6, 6.07) is 4.27. The fourth-order valence-corrected chi connectivity index (χ4v) is 2.72. The van der Waals surface area contributed by atoms with Gasteiger partial charge in [-0.15, -0.1) is 0 Å². The molecule has 116 valence electrons. The van der Waals surface area contributed by atoms with Gasteiger partial charge in [0.2, 0.25) is 0 Å². The Hall–Kier alpha value is -1.62. The summed E-state index contributed by atoms with van der Waals surface area (Å²) in [6.45, 7) is 6.91. The Labute approximate surface area is 124 Å². The monoisotopic (exact) mass is 295 g/mol. The van der Waals surface area contributed by atoms with E-state index >= 15 is 0 Å². The number of carbonyl (C=O) groups is 1. The van der Waals surface area contributed by atoms with Gasteiger partial charge in [0.1, 0.15) is 5.82 Å². The summed E-state index contributed by atoms with van der Waals surface area (Å²) < 4.78 is 23.7. The Morgan fingerprint density at radius 1 is 1.48 bits per heavy atom. The summed E-state index contributed by atoms with van der Waals surface area (Å²) in [7, 11) is 1.29. The molecule has 1 fully saturated rings. The third-order valence-electron chi connectivity index (χ3n) is 4.26. The van der Waals surface area contributed by atoms with Crippen molar-refractivity contribution in [2.24, 2.45) is 5.41 Å². The number of benzene rings is 1. The van der Waals surface area contributed by atoms with Crippen LogP contribution in [0.2, 0.25) is 0 Å². The van der Waals surface area contributed by atoms with Crippen molar-refractivity contribution in [2.45, 2.75) is 39.3 Å². The Kier molecular flexibility index (Phi) is 4.52. The van der Waals surface area contributed by atoms with E-state index in [-0.39, 0.29) is 23.1 Å². The van der Waals surface area contributed by atoms with E-state index in [4.69, 9.17) is 9.47 Å². The smallest absolute Gasteiger partial charge is 0.340 e. The van der Waals surface area contributed by atoms with Gasteiger partial charge in [-0.05, 0) is 31.5 Å². The minimum absolute atomic E-state index is 0.0439. The van der Waals surface area contributed by atoms with Gasteiger partial charge in [-0.2, -0.15) is 0 Å². The van der Waals surface area contributed by atoms with Crippen LogP contribution >= 0.6 is 0 Å². The summed E-state index contributed by atoms with van der Waals surface area (Å²) in [5.74, 6) is -1.00. The summed E-state index contributed by atoms with van der Waals surface area (Å²) >= 11 is 0. The van der Waals surface area contributed by atoms with E-state index in [0.717, 1.165) is 6.42 Å². The highest BCUT2D eigenvalue weighted by atomic mass is 19.1. The molecule has 0 aromatic heterocycles. The Balaban J connectivity index is 2.16. The van der Waals surface area contributed by atoms with E-state index in [1.165, 1.54) is 19.2 Å². The van der Waals surface area contributed by atoms with Gasteiger partial charge in [0.05, 0.1) is 18.8 Å². The lowest BCUT2D eigenvalue weighted by Gasteiger charge is -2.52. The number of carbonyl (C=O) groups excluding carboxylic acids is 1. The lowest BCUT2D eigenvalue weighted by atomic mass is 9.64. The second-order valence-electron chi connectivity index (χ2n) is 5.88. The van der Waals surface area contributed by atoms with Gasteiger partial charge in [-0.25, -0.2) is 9.18 Å². The van der Waals surface area contributed by atoms with Crippen molar-refractivity contribution in [3.8, 4) is 0 Å². The Morgan fingerprint density at radius 2 is 2.19 bits per heavy atom. The highest BCUT2D eigenvalue weighted by molar-refractivity contribution is 5.95. The quantitative estimate of drug-likeness (QED) is 0.847. The fraction of sp³-hybridized carbons (Fsp3) is 0.562. The molecule has 0 heterocycles. The van der Waals surface area contributed by atoms with Crippen molar-refractivity contribution in [3.05, 3.63) is 29.6 Å². The maximum atomic E-state index is 13.3. The predicted molar refractivity (Wildman–Crippen MR) is 79.0 cm³/mol. The summed E-state index contributed by atoms with van der Waals surface area (Å²) in [5, 5.41) is 3.32. The Morgan fingerprint density at radius 3 is 2.76 bits per heavy atom. The first kappa shape index (κ1) is 15.8. The molecule has 5 heteroatoms. The van der Waals surface area contributed by atoms with Gasteiger partial charge in [0.15, 0.2) is 0 Å². The van der Waals surface area contributed by atoms with Crippen molar-refractivity contribution in [2.75, 3.05) is 19.0 Å². The molecular weight excluding hydrogens is 273 g/mol. The lowest BCUT2D eigenvalue weighted by molar-refractivity contribution is -0.0976. The van der Waals surface area contributed by atoms with Crippen LogP contribution in [0.15, 0.2) is 18.2 Å². The van der Waals surface area contributed by atoms with E-state index < -0.39 is 11.8 Å². The van der Waals surface area contributed by atoms with Crippen LogP contribution in [0.3, 0.4) is 0 Å². The average molecular weight is 295 g/mol. The molecule has 4 nitrogen and oxygen atoms in total.